The number of ether oxygens (including phenoxy) is 1. The van der Waals surface area contributed by atoms with Gasteiger partial charge in [-0.3, -0.25) is 11.5 Å². The van der Waals surface area contributed by atoms with E-state index < -0.39 is 5.85 Å². The molecule has 0 bridgehead atoms. The van der Waals surface area contributed by atoms with Crippen LogP contribution in [0.3, 0.4) is 0 Å². The van der Waals surface area contributed by atoms with E-state index in [1.54, 1.807) is 6.92 Å². The van der Waals surface area contributed by atoms with Crippen molar-refractivity contribution >= 4 is 0 Å². The molecule has 0 saturated heterocycles. The summed E-state index contributed by atoms with van der Waals surface area (Å²) in [6.07, 6.45) is 0. The van der Waals surface area contributed by atoms with E-state index in [-0.39, 0.29) is 6.61 Å². The molecule has 8 heavy (non-hydrogen) atoms. The van der Waals surface area contributed by atoms with E-state index >= 15 is 0 Å². The number of aliphatic hydroxyl groups is 1. The molecule has 4 heteroatoms. The Labute approximate surface area is 48.4 Å². The number of hydrogen-bond acceptors (Lipinski definition) is 4. The van der Waals surface area contributed by atoms with Gasteiger partial charge in [-0.25, -0.2) is 0 Å². The lowest BCUT2D eigenvalue weighted by Crippen LogP contribution is -2.53. The molecular weight excluding hydrogens is 108 g/mol. The second kappa shape index (κ2) is 2.99. The fourth-order valence-electron chi connectivity index (χ4n) is 0.266. The van der Waals surface area contributed by atoms with Gasteiger partial charge in [-0.05, 0) is 6.92 Å². The average Bonchev–Trinajstić information content (AvgIpc) is 1.59. The highest BCUT2D eigenvalue weighted by atomic mass is 16.5. The van der Waals surface area contributed by atoms with Crippen molar-refractivity contribution in [3.05, 3.63) is 0 Å². The van der Waals surface area contributed by atoms with E-state index in [2.05, 4.69) is 0 Å². The Bertz CT molecular complexity index is 59.5. The molecule has 0 aliphatic carbocycles. The lowest BCUT2D eigenvalue weighted by Gasteiger charge is -2.15. The molecule has 0 aromatic heterocycles. The lowest BCUT2D eigenvalue weighted by atomic mass is 10.5. The molecule has 0 atom stereocenters. The molecule has 0 unspecified atom stereocenters. The van der Waals surface area contributed by atoms with Crippen LogP contribution in [0.5, 0.6) is 0 Å². The highest BCUT2D eigenvalue weighted by Crippen LogP contribution is 1.82. The maximum Gasteiger partial charge on any atom is 0.191 e. The van der Waals surface area contributed by atoms with Crippen LogP contribution in [0.1, 0.15) is 6.92 Å². The van der Waals surface area contributed by atoms with Crippen LogP contribution in [0.4, 0.5) is 0 Å². The van der Waals surface area contributed by atoms with Crippen molar-refractivity contribution in [2.45, 2.75) is 12.8 Å². The highest BCUT2D eigenvalue weighted by molar-refractivity contribution is 4.56. The molecule has 0 aliphatic heterocycles. The summed E-state index contributed by atoms with van der Waals surface area (Å²) in [7, 11) is 0. The average molecular weight is 120 g/mol. The third kappa shape index (κ3) is 5.84. The summed E-state index contributed by atoms with van der Waals surface area (Å²) in [5.74, 6) is -1.67. The molecule has 0 fully saturated rings. The zero-order valence-corrected chi connectivity index (χ0v) is 4.92. The van der Waals surface area contributed by atoms with Gasteiger partial charge in [0.1, 0.15) is 6.61 Å². The Morgan fingerprint density at radius 2 is 2.12 bits per heavy atom. The molecule has 0 rings (SSSR count). The summed E-state index contributed by atoms with van der Waals surface area (Å²) in [5, 5.41) is 8.58. The smallest absolute Gasteiger partial charge is 0.191 e. The summed E-state index contributed by atoms with van der Waals surface area (Å²) in [5.41, 5.74) is 9.86. The molecule has 0 amide bonds. The Hall–Kier alpha value is -0.160. The van der Waals surface area contributed by atoms with Gasteiger partial charge < -0.3 is 9.84 Å². The lowest BCUT2D eigenvalue weighted by molar-refractivity contribution is -0.0345. The first kappa shape index (κ1) is 7.84. The van der Waals surface area contributed by atoms with Crippen molar-refractivity contribution in [2.24, 2.45) is 11.5 Å². The van der Waals surface area contributed by atoms with Crippen molar-refractivity contribution in [3.8, 4) is 0 Å². The van der Waals surface area contributed by atoms with Crippen LogP contribution in [0.25, 0.3) is 0 Å². The molecule has 0 aromatic rings. The summed E-state index contributed by atoms with van der Waals surface area (Å²) >= 11 is 0. The first-order valence-electron chi connectivity index (χ1n) is 2.44. The molecule has 50 valence electrons. The van der Waals surface area contributed by atoms with E-state index in [4.69, 9.17) is 21.3 Å². The van der Waals surface area contributed by atoms with Crippen LogP contribution in [0.15, 0.2) is 0 Å². The molecule has 0 aliphatic rings. The minimum atomic E-state index is -1.67. The predicted octanol–water partition coefficient (Wildman–Crippen LogP) is -1.41. The van der Waals surface area contributed by atoms with Crippen LogP contribution in [0, 0.1) is 0 Å². The van der Waals surface area contributed by atoms with Gasteiger partial charge in [0.25, 0.3) is 0 Å². The molecular formula is C4H12N2O2. The third-order valence-electron chi connectivity index (χ3n) is 0.537. The number of rotatable bonds is 3. The van der Waals surface area contributed by atoms with Gasteiger partial charge in [0.05, 0.1) is 0 Å². The Kier molecular flexibility index (Phi) is 2.93. The standard InChI is InChI=1S/C4H12N2O2/c1-2-8-3-4(5,6)7/h7H,2-3,5-6H2,1H3. The van der Waals surface area contributed by atoms with Gasteiger partial charge in [-0.2, -0.15) is 0 Å². The van der Waals surface area contributed by atoms with Gasteiger partial charge in [-0.15, -0.1) is 0 Å². The van der Waals surface area contributed by atoms with Crippen molar-refractivity contribution in [1.82, 2.24) is 0 Å². The topological polar surface area (TPSA) is 81.5 Å². The van der Waals surface area contributed by atoms with Crippen molar-refractivity contribution in [2.75, 3.05) is 13.2 Å². The van der Waals surface area contributed by atoms with Gasteiger partial charge in [0.15, 0.2) is 5.85 Å². The van der Waals surface area contributed by atoms with E-state index in [0.29, 0.717) is 6.61 Å². The van der Waals surface area contributed by atoms with E-state index in [1.807, 2.05) is 0 Å². The van der Waals surface area contributed by atoms with E-state index in [1.165, 1.54) is 0 Å². The maximum atomic E-state index is 8.58. The summed E-state index contributed by atoms with van der Waals surface area (Å²) in [6.45, 7) is 2.28. The van der Waals surface area contributed by atoms with Gasteiger partial charge in [0, 0.05) is 6.61 Å². The molecule has 0 radical (unpaired) electrons. The second-order valence-corrected chi connectivity index (χ2v) is 1.63. The van der Waals surface area contributed by atoms with Crippen LogP contribution < -0.4 is 11.5 Å². The first-order chi connectivity index (χ1) is 3.56. The molecule has 0 heterocycles. The molecule has 5 N–H and O–H groups in total. The number of hydrogen-bond donors (Lipinski definition) is 3. The minimum absolute atomic E-state index is 0.0243. The fraction of sp³-hybridized carbons (Fsp3) is 1.00. The number of nitrogens with two attached hydrogens (primary N) is 2. The molecule has 4 nitrogen and oxygen atoms in total. The zero-order valence-electron chi connectivity index (χ0n) is 4.92. The largest absolute Gasteiger partial charge is 0.376 e. The zero-order chi connectivity index (χ0) is 6.62. The van der Waals surface area contributed by atoms with Crippen molar-refractivity contribution in [1.29, 1.82) is 0 Å². The highest BCUT2D eigenvalue weighted by Gasteiger charge is 2.11. The van der Waals surface area contributed by atoms with E-state index in [9.17, 15) is 0 Å². The van der Waals surface area contributed by atoms with Crippen molar-refractivity contribution in [3.63, 3.8) is 0 Å². The third-order valence-corrected chi connectivity index (χ3v) is 0.537. The predicted molar refractivity (Wildman–Crippen MR) is 29.8 cm³/mol. The Morgan fingerprint density at radius 1 is 1.62 bits per heavy atom. The molecule has 0 aromatic carbocycles. The van der Waals surface area contributed by atoms with Crippen LogP contribution >= 0.6 is 0 Å². The van der Waals surface area contributed by atoms with Gasteiger partial charge in [0.2, 0.25) is 0 Å². The summed E-state index contributed by atoms with van der Waals surface area (Å²) in [6, 6.07) is 0. The first-order valence-corrected chi connectivity index (χ1v) is 2.44. The van der Waals surface area contributed by atoms with E-state index in [0.717, 1.165) is 0 Å². The molecule has 0 saturated carbocycles. The maximum absolute atomic E-state index is 8.58. The van der Waals surface area contributed by atoms with Crippen molar-refractivity contribution < 1.29 is 9.84 Å². The van der Waals surface area contributed by atoms with Crippen LogP contribution in [-0.2, 0) is 4.74 Å². The summed E-state index contributed by atoms with van der Waals surface area (Å²) < 4.78 is 4.70. The Morgan fingerprint density at radius 3 is 2.25 bits per heavy atom. The van der Waals surface area contributed by atoms with Gasteiger partial charge in [-0.1, -0.05) is 0 Å². The minimum Gasteiger partial charge on any atom is -0.376 e. The SMILES string of the molecule is CCOCC(N)(N)O. The second-order valence-electron chi connectivity index (χ2n) is 1.63. The normalized spacial score (nSPS) is 12.0. The summed E-state index contributed by atoms with van der Waals surface area (Å²) in [4.78, 5) is 0. The van der Waals surface area contributed by atoms with Gasteiger partial charge >= 0.3 is 0 Å². The fourth-order valence-corrected chi connectivity index (χ4v) is 0.266. The monoisotopic (exact) mass is 120 g/mol. The quantitative estimate of drug-likeness (QED) is 0.399. The Balaban J connectivity index is 3.11. The molecule has 0 spiro atoms. The van der Waals surface area contributed by atoms with Crippen LogP contribution in [-0.4, -0.2) is 24.2 Å². The van der Waals surface area contributed by atoms with Crippen LogP contribution in [0.2, 0.25) is 0 Å².